The summed E-state index contributed by atoms with van der Waals surface area (Å²) in [4.78, 5) is 13.5. The van der Waals surface area contributed by atoms with Gasteiger partial charge in [0, 0.05) is 6.54 Å². The summed E-state index contributed by atoms with van der Waals surface area (Å²) in [6, 6.07) is 2.10. The zero-order valence-electron chi connectivity index (χ0n) is 9.94. The number of nitrogens with zero attached hydrogens (tertiary/aromatic N) is 1. The van der Waals surface area contributed by atoms with Gasteiger partial charge in [0.1, 0.15) is 0 Å². The molecule has 0 bridgehead atoms. The zero-order chi connectivity index (χ0) is 11.8. The second-order valence-corrected chi connectivity index (χ2v) is 4.43. The maximum Gasteiger partial charge on any atom is 0.320 e. The lowest BCUT2D eigenvalue weighted by molar-refractivity contribution is -0.144. The van der Waals surface area contributed by atoms with Gasteiger partial charge in [-0.15, -0.1) is 0 Å². The van der Waals surface area contributed by atoms with E-state index in [1.807, 2.05) is 6.92 Å². The van der Waals surface area contributed by atoms with E-state index in [-0.39, 0.29) is 5.97 Å². The minimum atomic E-state index is -0.133. The highest BCUT2D eigenvalue weighted by molar-refractivity contribution is 7.07. The van der Waals surface area contributed by atoms with Gasteiger partial charge in [-0.1, -0.05) is 6.92 Å². The molecular formula is C12H19NO2S. The third-order valence-corrected chi connectivity index (χ3v) is 2.92. The third kappa shape index (κ3) is 4.77. The topological polar surface area (TPSA) is 29.5 Å². The molecule has 0 unspecified atom stereocenters. The lowest BCUT2D eigenvalue weighted by Gasteiger charge is -2.19. The Bertz CT molecular complexity index is 298. The summed E-state index contributed by atoms with van der Waals surface area (Å²) >= 11 is 1.69. The maximum absolute atomic E-state index is 11.4. The van der Waals surface area contributed by atoms with Crippen molar-refractivity contribution in [2.45, 2.75) is 26.8 Å². The van der Waals surface area contributed by atoms with Crippen LogP contribution < -0.4 is 0 Å². The first-order valence-electron chi connectivity index (χ1n) is 5.65. The van der Waals surface area contributed by atoms with Crippen LogP contribution in [0.5, 0.6) is 0 Å². The highest BCUT2D eigenvalue weighted by atomic mass is 32.1. The molecule has 0 aliphatic carbocycles. The van der Waals surface area contributed by atoms with Crippen LogP contribution in [0.1, 0.15) is 25.8 Å². The summed E-state index contributed by atoms with van der Waals surface area (Å²) in [6.07, 6.45) is 1.05. The number of rotatable bonds is 7. The number of carbonyl (C=O) groups excluding carboxylic acids is 1. The monoisotopic (exact) mass is 241 g/mol. The van der Waals surface area contributed by atoms with E-state index in [0.29, 0.717) is 13.2 Å². The predicted molar refractivity (Wildman–Crippen MR) is 66.5 cm³/mol. The second-order valence-electron chi connectivity index (χ2n) is 3.65. The molecule has 0 atom stereocenters. The van der Waals surface area contributed by atoms with Gasteiger partial charge in [0.2, 0.25) is 0 Å². The average molecular weight is 241 g/mol. The molecule has 16 heavy (non-hydrogen) atoms. The van der Waals surface area contributed by atoms with Gasteiger partial charge in [0.05, 0.1) is 13.2 Å². The lowest BCUT2D eigenvalue weighted by atomic mass is 10.3. The van der Waals surface area contributed by atoms with E-state index in [1.165, 1.54) is 5.56 Å². The molecule has 3 nitrogen and oxygen atoms in total. The fourth-order valence-corrected chi connectivity index (χ4v) is 2.22. The first kappa shape index (κ1) is 13.2. The van der Waals surface area contributed by atoms with Crippen molar-refractivity contribution >= 4 is 17.3 Å². The standard InChI is InChI=1S/C12H19NO2S/c1-3-6-13(9-12(14)15-4-2)8-11-5-7-16-10-11/h5,7,10H,3-4,6,8-9H2,1-2H3. The van der Waals surface area contributed by atoms with E-state index in [1.54, 1.807) is 11.3 Å². The van der Waals surface area contributed by atoms with Gasteiger partial charge in [0.25, 0.3) is 0 Å². The van der Waals surface area contributed by atoms with Crippen LogP contribution in [0.25, 0.3) is 0 Å². The molecule has 0 fully saturated rings. The van der Waals surface area contributed by atoms with Crippen molar-refractivity contribution in [1.82, 2.24) is 4.90 Å². The number of ether oxygens (including phenoxy) is 1. The minimum Gasteiger partial charge on any atom is -0.465 e. The molecule has 0 radical (unpaired) electrons. The highest BCUT2D eigenvalue weighted by Crippen LogP contribution is 2.09. The average Bonchev–Trinajstić information content (AvgIpc) is 2.71. The molecular weight excluding hydrogens is 222 g/mol. The molecule has 0 saturated heterocycles. The van der Waals surface area contributed by atoms with Gasteiger partial charge in [-0.05, 0) is 42.3 Å². The van der Waals surface area contributed by atoms with Crippen LogP contribution in [0.3, 0.4) is 0 Å². The Labute approximate surface area is 101 Å². The van der Waals surface area contributed by atoms with E-state index < -0.39 is 0 Å². The predicted octanol–water partition coefficient (Wildman–Crippen LogP) is 2.52. The number of carbonyl (C=O) groups is 1. The molecule has 0 aromatic carbocycles. The van der Waals surface area contributed by atoms with E-state index in [4.69, 9.17) is 4.74 Å². The van der Waals surface area contributed by atoms with Crippen LogP contribution in [0, 0.1) is 0 Å². The number of esters is 1. The van der Waals surface area contributed by atoms with Gasteiger partial charge in [-0.25, -0.2) is 0 Å². The Morgan fingerprint density at radius 3 is 2.88 bits per heavy atom. The van der Waals surface area contributed by atoms with Crippen molar-refractivity contribution in [2.24, 2.45) is 0 Å². The first-order chi connectivity index (χ1) is 7.76. The summed E-state index contributed by atoms with van der Waals surface area (Å²) in [5.41, 5.74) is 1.27. The second kappa shape index (κ2) is 7.41. The van der Waals surface area contributed by atoms with Crippen LogP contribution in [-0.4, -0.2) is 30.6 Å². The molecule has 0 saturated carbocycles. The molecule has 0 spiro atoms. The molecule has 0 N–H and O–H groups in total. The van der Waals surface area contributed by atoms with Gasteiger partial charge in [0.15, 0.2) is 0 Å². The quantitative estimate of drug-likeness (QED) is 0.687. The first-order valence-corrected chi connectivity index (χ1v) is 6.59. The van der Waals surface area contributed by atoms with E-state index in [2.05, 4.69) is 28.7 Å². The zero-order valence-corrected chi connectivity index (χ0v) is 10.8. The normalized spacial score (nSPS) is 10.7. The van der Waals surface area contributed by atoms with Crippen molar-refractivity contribution in [2.75, 3.05) is 19.7 Å². The van der Waals surface area contributed by atoms with Gasteiger partial charge in [-0.3, -0.25) is 9.69 Å². The molecule has 0 amide bonds. The summed E-state index contributed by atoms with van der Waals surface area (Å²) in [5, 5.41) is 4.18. The third-order valence-electron chi connectivity index (χ3n) is 2.18. The van der Waals surface area contributed by atoms with Gasteiger partial charge in [-0.2, -0.15) is 11.3 Å². The van der Waals surface area contributed by atoms with Gasteiger partial charge >= 0.3 is 5.97 Å². The maximum atomic E-state index is 11.4. The fraction of sp³-hybridized carbons (Fsp3) is 0.583. The van der Waals surface area contributed by atoms with Crippen molar-refractivity contribution in [1.29, 1.82) is 0 Å². The van der Waals surface area contributed by atoms with Crippen molar-refractivity contribution < 1.29 is 9.53 Å². The van der Waals surface area contributed by atoms with E-state index >= 15 is 0 Å². The smallest absolute Gasteiger partial charge is 0.320 e. The Morgan fingerprint density at radius 2 is 2.31 bits per heavy atom. The van der Waals surface area contributed by atoms with Crippen molar-refractivity contribution in [3.05, 3.63) is 22.4 Å². The van der Waals surface area contributed by atoms with Crippen LogP contribution >= 0.6 is 11.3 Å². The summed E-state index contributed by atoms with van der Waals surface area (Å²) in [5.74, 6) is -0.133. The van der Waals surface area contributed by atoms with Crippen LogP contribution in [0.4, 0.5) is 0 Å². The summed E-state index contributed by atoms with van der Waals surface area (Å²) in [7, 11) is 0. The number of hydrogen-bond acceptors (Lipinski definition) is 4. The highest BCUT2D eigenvalue weighted by Gasteiger charge is 2.11. The molecule has 1 rings (SSSR count). The molecule has 0 aliphatic heterocycles. The Morgan fingerprint density at radius 1 is 1.50 bits per heavy atom. The Hall–Kier alpha value is -0.870. The molecule has 1 heterocycles. The minimum absolute atomic E-state index is 0.133. The molecule has 0 aliphatic rings. The van der Waals surface area contributed by atoms with Crippen LogP contribution in [0.15, 0.2) is 16.8 Å². The van der Waals surface area contributed by atoms with Crippen molar-refractivity contribution in [3.8, 4) is 0 Å². The Balaban J connectivity index is 2.44. The van der Waals surface area contributed by atoms with Crippen molar-refractivity contribution in [3.63, 3.8) is 0 Å². The van der Waals surface area contributed by atoms with Crippen LogP contribution in [-0.2, 0) is 16.1 Å². The Kier molecular flexibility index (Phi) is 6.11. The molecule has 90 valence electrons. The number of hydrogen-bond donors (Lipinski definition) is 0. The molecule has 1 aromatic rings. The molecule has 4 heteroatoms. The van der Waals surface area contributed by atoms with E-state index in [0.717, 1.165) is 19.5 Å². The van der Waals surface area contributed by atoms with Gasteiger partial charge < -0.3 is 4.74 Å². The summed E-state index contributed by atoms with van der Waals surface area (Å²) in [6.45, 7) is 6.55. The summed E-state index contributed by atoms with van der Waals surface area (Å²) < 4.78 is 4.96. The van der Waals surface area contributed by atoms with Crippen LogP contribution in [0.2, 0.25) is 0 Å². The molecule has 1 aromatic heterocycles. The number of thiophene rings is 1. The fourth-order valence-electron chi connectivity index (χ4n) is 1.56. The largest absolute Gasteiger partial charge is 0.465 e. The van der Waals surface area contributed by atoms with E-state index in [9.17, 15) is 4.79 Å². The SMILES string of the molecule is CCCN(CC(=O)OCC)Cc1ccsc1. The lowest BCUT2D eigenvalue weighted by Crippen LogP contribution is -2.31.